The molecule has 6 heteroatoms. The summed E-state index contributed by atoms with van der Waals surface area (Å²) in [6.45, 7) is 11.3. The molecule has 0 unspecified atom stereocenters. The van der Waals surface area contributed by atoms with Crippen LogP contribution in [0.15, 0.2) is 22.8 Å². The van der Waals surface area contributed by atoms with Crippen molar-refractivity contribution in [2.45, 2.75) is 33.4 Å². The molecule has 1 saturated heterocycles. The molecule has 2 rings (SSSR count). The van der Waals surface area contributed by atoms with E-state index in [4.69, 9.17) is 4.42 Å². The fraction of sp³-hybridized carbons (Fsp3) is 0.722. The largest absolute Gasteiger partial charge is 0.467 e. The van der Waals surface area contributed by atoms with Gasteiger partial charge in [-0.05, 0) is 17.5 Å². The van der Waals surface area contributed by atoms with E-state index in [9.17, 15) is 9.90 Å². The molecule has 1 aromatic heterocycles. The van der Waals surface area contributed by atoms with Gasteiger partial charge in [-0.25, -0.2) is 0 Å². The summed E-state index contributed by atoms with van der Waals surface area (Å²) in [5.41, 5.74) is -0.0956. The maximum atomic E-state index is 12.3. The number of aliphatic hydroxyl groups is 1. The molecule has 1 atom stereocenters. The molecule has 2 heterocycles. The van der Waals surface area contributed by atoms with Crippen LogP contribution in [0, 0.1) is 5.41 Å². The normalized spacial score (nSPS) is 18.5. The van der Waals surface area contributed by atoms with Crippen LogP contribution in [0.4, 0.5) is 0 Å². The van der Waals surface area contributed by atoms with Crippen molar-refractivity contribution >= 4 is 5.91 Å². The highest BCUT2D eigenvalue weighted by atomic mass is 16.3. The summed E-state index contributed by atoms with van der Waals surface area (Å²) in [6.07, 6.45) is 1.30. The van der Waals surface area contributed by atoms with E-state index in [1.807, 2.05) is 12.1 Å². The van der Waals surface area contributed by atoms with Gasteiger partial charge in [0, 0.05) is 39.8 Å². The Morgan fingerprint density at radius 3 is 2.46 bits per heavy atom. The standard InChI is InChI=1S/C18H31N3O3/c1-18(2,3)16(22)13-20-7-9-21(10-8-20)14-17(23)19(4)12-15-6-5-11-24-15/h5-6,11,16,22H,7-10,12-14H2,1-4H3/t16-/m0/s1. The Morgan fingerprint density at radius 1 is 1.29 bits per heavy atom. The Bertz CT molecular complexity index is 502. The van der Waals surface area contributed by atoms with Crippen LogP contribution in [0.5, 0.6) is 0 Å². The van der Waals surface area contributed by atoms with Crippen molar-refractivity contribution in [2.24, 2.45) is 5.41 Å². The summed E-state index contributed by atoms with van der Waals surface area (Å²) in [5, 5.41) is 10.2. The number of amides is 1. The molecule has 0 bridgehead atoms. The van der Waals surface area contributed by atoms with E-state index in [1.165, 1.54) is 0 Å². The lowest BCUT2D eigenvalue weighted by Gasteiger charge is -2.38. The molecular formula is C18H31N3O3. The number of carbonyl (C=O) groups is 1. The van der Waals surface area contributed by atoms with Gasteiger partial charge in [0.1, 0.15) is 5.76 Å². The van der Waals surface area contributed by atoms with Crippen LogP contribution >= 0.6 is 0 Å². The molecule has 0 aliphatic carbocycles. The Morgan fingerprint density at radius 2 is 1.92 bits per heavy atom. The third kappa shape index (κ3) is 5.61. The second kappa shape index (κ2) is 8.14. The van der Waals surface area contributed by atoms with Crippen molar-refractivity contribution < 1.29 is 14.3 Å². The van der Waals surface area contributed by atoms with Crippen molar-refractivity contribution in [1.82, 2.24) is 14.7 Å². The van der Waals surface area contributed by atoms with Crippen LogP contribution < -0.4 is 0 Å². The van der Waals surface area contributed by atoms with Crippen molar-refractivity contribution in [3.05, 3.63) is 24.2 Å². The minimum absolute atomic E-state index is 0.0956. The Balaban J connectivity index is 1.71. The first-order valence-electron chi connectivity index (χ1n) is 8.65. The molecule has 0 aromatic carbocycles. The van der Waals surface area contributed by atoms with E-state index >= 15 is 0 Å². The molecule has 1 N–H and O–H groups in total. The van der Waals surface area contributed by atoms with Crippen LogP contribution in [0.25, 0.3) is 0 Å². The smallest absolute Gasteiger partial charge is 0.236 e. The minimum Gasteiger partial charge on any atom is -0.467 e. The van der Waals surface area contributed by atoms with Gasteiger partial charge in [-0.15, -0.1) is 0 Å². The predicted molar refractivity (Wildman–Crippen MR) is 93.5 cm³/mol. The highest BCUT2D eigenvalue weighted by molar-refractivity contribution is 5.77. The SMILES string of the molecule is CN(Cc1ccco1)C(=O)CN1CCN(C[C@H](O)C(C)(C)C)CC1. The van der Waals surface area contributed by atoms with E-state index < -0.39 is 0 Å². The van der Waals surface area contributed by atoms with E-state index in [2.05, 4.69) is 30.6 Å². The number of aliphatic hydroxyl groups excluding tert-OH is 1. The average Bonchev–Trinajstić information content (AvgIpc) is 3.01. The van der Waals surface area contributed by atoms with Gasteiger partial charge < -0.3 is 14.4 Å². The Labute approximate surface area is 145 Å². The van der Waals surface area contributed by atoms with Crippen molar-refractivity contribution in [3.8, 4) is 0 Å². The Kier molecular flexibility index (Phi) is 6.43. The van der Waals surface area contributed by atoms with Gasteiger partial charge in [-0.1, -0.05) is 20.8 Å². The molecule has 0 saturated carbocycles. The number of likely N-dealkylation sites (N-methyl/N-ethyl adjacent to an activating group) is 1. The first kappa shape index (κ1) is 19.0. The van der Waals surface area contributed by atoms with Crippen LogP contribution in [-0.4, -0.2) is 78.1 Å². The van der Waals surface area contributed by atoms with Gasteiger partial charge in [-0.3, -0.25) is 14.6 Å². The van der Waals surface area contributed by atoms with Crippen LogP contribution in [-0.2, 0) is 11.3 Å². The number of carbonyl (C=O) groups excluding carboxylic acids is 1. The van der Waals surface area contributed by atoms with E-state index in [0.717, 1.165) is 31.9 Å². The molecule has 1 amide bonds. The van der Waals surface area contributed by atoms with E-state index in [-0.39, 0.29) is 17.4 Å². The molecule has 1 aliphatic heterocycles. The van der Waals surface area contributed by atoms with E-state index in [1.54, 1.807) is 18.2 Å². The summed E-state index contributed by atoms with van der Waals surface area (Å²) in [5.74, 6) is 0.904. The highest BCUT2D eigenvalue weighted by Crippen LogP contribution is 2.20. The number of hydrogen-bond donors (Lipinski definition) is 1. The summed E-state index contributed by atoms with van der Waals surface area (Å²) < 4.78 is 5.28. The molecule has 136 valence electrons. The van der Waals surface area contributed by atoms with Gasteiger partial charge in [0.15, 0.2) is 0 Å². The van der Waals surface area contributed by atoms with Crippen molar-refractivity contribution in [2.75, 3.05) is 46.3 Å². The van der Waals surface area contributed by atoms with Crippen molar-refractivity contribution in [1.29, 1.82) is 0 Å². The number of β-amino-alcohol motifs (C(OH)–C–C–N with tert-alkyl or cyclic N) is 1. The summed E-state index contributed by atoms with van der Waals surface area (Å²) in [4.78, 5) is 18.5. The van der Waals surface area contributed by atoms with Gasteiger partial charge in [0.05, 0.1) is 25.5 Å². The van der Waals surface area contributed by atoms with Gasteiger partial charge in [0.25, 0.3) is 0 Å². The quantitative estimate of drug-likeness (QED) is 0.847. The second-order valence-electron chi connectivity index (χ2n) is 7.79. The average molecular weight is 337 g/mol. The number of hydrogen-bond acceptors (Lipinski definition) is 5. The maximum Gasteiger partial charge on any atom is 0.236 e. The zero-order valence-corrected chi connectivity index (χ0v) is 15.4. The molecule has 1 aromatic rings. The molecular weight excluding hydrogens is 306 g/mol. The monoisotopic (exact) mass is 337 g/mol. The number of nitrogens with zero attached hydrogens (tertiary/aromatic N) is 3. The highest BCUT2D eigenvalue weighted by Gasteiger charge is 2.27. The molecule has 0 spiro atoms. The third-order valence-corrected chi connectivity index (χ3v) is 4.65. The zero-order valence-electron chi connectivity index (χ0n) is 15.4. The zero-order chi connectivity index (χ0) is 17.7. The fourth-order valence-corrected chi connectivity index (χ4v) is 2.68. The maximum absolute atomic E-state index is 12.3. The predicted octanol–water partition coefficient (Wildman–Crippen LogP) is 1.26. The van der Waals surface area contributed by atoms with Crippen molar-refractivity contribution in [3.63, 3.8) is 0 Å². The second-order valence-corrected chi connectivity index (χ2v) is 7.79. The molecule has 1 aliphatic rings. The summed E-state index contributed by atoms with van der Waals surface area (Å²) in [7, 11) is 1.81. The van der Waals surface area contributed by atoms with Crippen LogP contribution in [0.2, 0.25) is 0 Å². The summed E-state index contributed by atoms with van der Waals surface area (Å²) in [6, 6.07) is 3.71. The lowest BCUT2D eigenvalue weighted by molar-refractivity contribution is -0.132. The number of furan rings is 1. The lowest BCUT2D eigenvalue weighted by Crippen LogP contribution is -2.52. The molecule has 1 fully saturated rings. The van der Waals surface area contributed by atoms with Crippen LogP contribution in [0.3, 0.4) is 0 Å². The molecule has 6 nitrogen and oxygen atoms in total. The van der Waals surface area contributed by atoms with E-state index in [0.29, 0.717) is 19.6 Å². The number of piperazine rings is 1. The third-order valence-electron chi connectivity index (χ3n) is 4.65. The molecule has 24 heavy (non-hydrogen) atoms. The van der Waals surface area contributed by atoms with Gasteiger partial charge in [0.2, 0.25) is 5.91 Å². The number of rotatable bonds is 6. The molecule has 0 radical (unpaired) electrons. The fourth-order valence-electron chi connectivity index (χ4n) is 2.68. The van der Waals surface area contributed by atoms with Gasteiger partial charge in [-0.2, -0.15) is 0 Å². The first-order chi connectivity index (χ1) is 11.3. The first-order valence-corrected chi connectivity index (χ1v) is 8.65. The van der Waals surface area contributed by atoms with Gasteiger partial charge >= 0.3 is 0 Å². The van der Waals surface area contributed by atoms with Crippen LogP contribution in [0.1, 0.15) is 26.5 Å². The topological polar surface area (TPSA) is 60.2 Å². The minimum atomic E-state index is -0.329. The Hall–Kier alpha value is -1.37. The lowest BCUT2D eigenvalue weighted by atomic mass is 9.89. The summed E-state index contributed by atoms with van der Waals surface area (Å²) >= 11 is 0.